The molecule has 16 heteroatoms. The highest BCUT2D eigenvalue weighted by Gasteiger charge is 2.26. The number of anilines is 2. The van der Waals surface area contributed by atoms with Gasteiger partial charge in [-0.2, -0.15) is 37.0 Å². The van der Waals surface area contributed by atoms with E-state index in [2.05, 4.69) is 34.7 Å². The number of aromatic hydroxyl groups is 1. The molecule has 3 rings (SSSR count). The Kier molecular flexibility index (Phi) is 6.80. The van der Waals surface area contributed by atoms with E-state index in [1.165, 1.54) is 19.2 Å². The summed E-state index contributed by atoms with van der Waals surface area (Å²) in [4.78, 5) is 11.3. The van der Waals surface area contributed by atoms with Crippen LogP contribution in [0.2, 0.25) is 5.28 Å². The summed E-state index contributed by atoms with van der Waals surface area (Å²) in [6.45, 7) is 1.56. The van der Waals surface area contributed by atoms with Crippen molar-refractivity contribution >= 4 is 59.9 Å². The summed E-state index contributed by atoms with van der Waals surface area (Å²) in [5.74, 6) is -1.15. The Morgan fingerprint density at radius 2 is 1.85 bits per heavy atom. The lowest BCUT2D eigenvalue weighted by Crippen LogP contribution is -2.06. The SMILES string of the molecule is CN=Nc1c(S(=O)(=O)OC)cc2cc(CS(=O)(=O)O)cc(Nc3nc(C)nc(Cl)n3)c2c1O. The molecule has 0 saturated heterocycles. The lowest BCUT2D eigenvalue weighted by molar-refractivity contribution is 0.397. The normalized spacial score (nSPS) is 12.5. The van der Waals surface area contributed by atoms with Gasteiger partial charge in [0.05, 0.1) is 12.8 Å². The third-order valence-corrected chi connectivity index (χ3v) is 6.37. The molecule has 0 atom stereocenters. The Bertz CT molecular complexity index is 1470. The zero-order valence-electron chi connectivity index (χ0n) is 17.3. The minimum atomic E-state index is -4.45. The fraction of sp³-hybridized carbons (Fsp3) is 0.235. The average Bonchev–Trinajstić information content (AvgIpc) is 2.67. The van der Waals surface area contributed by atoms with Crippen LogP contribution in [0.25, 0.3) is 10.8 Å². The van der Waals surface area contributed by atoms with Crippen LogP contribution in [0.1, 0.15) is 11.4 Å². The van der Waals surface area contributed by atoms with E-state index in [1.807, 2.05) is 0 Å². The summed E-state index contributed by atoms with van der Waals surface area (Å²) in [5.41, 5.74) is -0.268. The number of phenolic OH excluding ortho intramolecular Hbond substituents is 1. The van der Waals surface area contributed by atoms with E-state index in [0.717, 1.165) is 13.2 Å². The average molecular weight is 517 g/mol. The number of aryl methyl sites for hydroxylation is 1. The van der Waals surface area contributed by atoms with Crippen LogP contribution in [0.3, 0.4) is 0 Å². The topological polar surface area (TPSA) is 193 Å². The molecule has 0 bridgehead atoms. The minimum Gasteiger partial charge on any atom is -0.505 e. The first-order valence-electron chi connectivity index (χ1n) is 8.88. The number of fused-ring (bicyclic) bond motifs is 1. The van der Waals surface area contributed by atoms with Crippen LogP contribution in [-0.4, -0.2) is 55.6 Å². The van der Waals surface area contributed by atoms with Gasteiger partial charge in [-0.25, -0.2) is 4.98 Å². The second-order valence-corrected chi connectivity index (χ2v) is 10.0. The van der Waals surface area contributed by atoms with Crippen LogP contribution >= 0.6 is 11.6 Å². The molecule has 176 valence electrons. The third kappa shape index (κ3) is 5.51. The fourth-order valence-corrected chi connectivity index (χ4v) is 4.66. The maximum Gasteiger partial charge on any atom is 0.299 e. The number of benzene rings is 2. The number of nitrogens with one attached hydrogen (secondary N) is 1. The van der Waals surface area contributed by atoms with Gasteiger partial charge in [0.1, 0.15) is 22.2 Å². The quantitative estimate of drug-likeness (QED) is 0.237. The molecule has 3 aromatic rings. The molecule has 0 fully saturated rings. The van der Waals surface area contributed by atoms with Gasteiger partial charge in [0.25, 0.3) is 20.2 Å². The fourth-order valence-electron chi connectivity index (χ4n) is 3.04. The monoisotopic (exact) mass is 516 g/mol. The Labute approximate surface area is 193 Å². The summed E-state index contributed by atoms with van der Waals surface area (Å²) in [6, 6.07) is 3.71. The third-order valence-electron chi connectivity index (χ3n) is 4.21. The van der Waals surface area contributed by atoms with Crippen molar-refractivity contribution in [3.63, 3.8) is 0 Å². The van der Waals surface area contributed by atoms with Gasteiger partial charge in [-0.05, 0) is 47.7 Å². The van der Waals surface area contributed by atoms with Gasteiger partial charge in [-0.3, -0.25) is 8.74 Å². The number of halogens is 1. The highest BCUT2D eigenvalue weighted by molar-refractivity contribution is 7.87. The summed E-state index contributed by atoms with van der Waals surface area (Å²) >= 11 is 5.87. The van der Waals surface area contributed by atoms with Crippen molar-refractivity contribution in [3.05, 3.63) is 34.9 Å². The first-order valence-corrected chi connectivity index (χ1v) is 12.3. The minimum absolute atomic E-state index is 0.0375. The van der Waals surface area contributed by atoms with Gasteiger partial charge in [-0.15, -0.1) is 0 Å². The Balaban J connectivity index is 2.40. The Morgan fingerprint density at radius 1 is 1.15 bits per heavy atom. The lowest BCUT2D eigenvalue weighted by atomic mass is 10.0. The Morgan fingerprint density at radius 3 is 2.42 bits per heavy atom. The maximum atomic E-state index is 12.4. The zero-order valence-corrected chi connectivity index (χ0v) is 19.7. The molecule has 0 aliphatic heterocycles. The number of hydrogen-bond donors (Lipinski definition) is 3. The summed E-state index contributed by atoms with van der Waals surface area (Å²) in [7, 11) is -6.59. The molecule has 1 aromatic heterocycles. The largest absolute Gasteiger partial charge is 0.505 e. The van der Waals surface area contributed by atoms with E-state index < -0.39 is 42.3 Å². The molecule has 33 heavy (non-hydrogen) atoms. The second-order valence-electron chi connectivity index (χ2n) is 6.56. The van der Waals surface area contributed by atoms with Crippen molar-refractivity contribution in [2.24, 2.45) is 10.2 Å². The number of nitrogens with zero attached hydrogens (tertiary/aromatic N) is 5. The van der Waals surface area contributed by atoms with Crippen LogP contribution in [0, 0.1) is 6.92 Å². The molecule has 0 amide bonds. The number of azo groups is 1. The predicted molar refractivity (Wildman–Crippen MR) is 118 cm³/mol. The van der Waals surface area contributed by atoms with Gasteiger partial charge in [0.2, 0.25) is 11.2 Å². The van der Waals surface area contributed by atoms with Crippen molar-refractivity contribution in [1.82, 2.24) is 15.0 Å². The van der Waals surface area contributed by atoms with E-state index in [1.54, 1.807) is 6.92 Å². The molecular formula is C17H17ClN6O7S2. The van der Waals surface area contributed by atoms with Crippen LogP contribution in [-0.2, 0) is 30.2 Å². The number of aromatic nitrogens is 3. The highest BCUT2D eigenvalue weighted by Crippen LogP contribution is 2.45. The van der Waals surface area contributed by atoms with Crippen molar-refractivity contribution in [2.75, 3.05) is 19.5 Å². The molecule has 2 aromatic carbocycles. The smallest absolute Gasteiger partial charge is 0.299 e. The van der Waals surface area contributed by atoms with Crippen molar-refractivity contribution in [2.45, 2.75) is 17.6 Å². The Hall–Kier alpha value is -2.98. The van der Waals surface area contributed by atoms with Crippen LogP contribution < -0.4 is 5.32 Å². The van der Waals surface area contributed by atoms with Gasteiger partial charge < -0.3 is 10.4 Å². The number of hydrogen-bond acceptors (Lipinski definition) is 12. The van der Waals surface area contributed by atoms with Crippen LogP contribution in [0.15, 0.2) is 33.3 Å². The summed E-state index contributed by atoms with van der Waals surface area (Å²) < 4.78 is 61.6. The standard InChI is InChI=1S/C17H17ClN6O7S2/c1-8-20-16(18)23-17(21-8)22-11-5-9(7-32(26,27)28)4-10-6-12(33(29,30)31-3)14(24-19-2)15(25)13(10)11/h4-6,25H,7H2,1-3H3,(H,26,27,28)(H,20,21,22,23). The molecule has 0 saturated carbocycles. The molecular weight excluding hydrogens is 500 g/mol. The molecule has 13 nitrogen and oxygen atoms in total. The van der Waals surface area contributed by atoms with Crippen LogP contribution in [0.4, 0.5) is 17.3 Å². The molecule has 0 aliphatic carbocycles. The first kappa shape index (κ1) is 24.7. The molecule has 0 radical (unpaired) electrons. The van der Waals surface area contributed by atoms with E-state index in [0.29, 0.717) is 0 Å². The summed E-state index contributed by atoms with van der Waals surface area (Å²) in [6.07, 6.45) is 0. The molecule has 3 N–H and O–H groups in total. The van der Waals surface area contributed by atoms with E-state index >= 15 is 0 Å². The van der Waals surface area contributed by atoms with Crippen molar-refractivity contribution in [1.29, 1.82) is 0 Å². The van der Waals surface area contributed by atoms with E-state index in [-0.39, 0.29) is 39.1 Å². The molecule has 0 spiro atoms. The van der Waals surface area contributed by atoms with E-state index in [9.17, 15) is 26.5 Å². The van der Waals surface area contributed by atoms with Crippen molar-refractivity contribution in [3.8, 4) is 5.75 Å². The zero-order chi connectivity index (χ0) is 24.6. The molecule has 1 heterocycles. The summed E-state index contributed by atoms with van der Waals surface area (Å²) in [5, 5.41) is 21.0. The van der Waals surface area contributed by atoms with E-state index in [4.69, 9.17) is 11.6 Å². The van der Waals surface area contributed by atoms with Gasteiger partial charge in [0, 0.05) is 12.4 Å². The molecule has 0 aliphatic rings. The first-order chi connectivity index (χ1) is 15.3. The van der Waals surface area contributed by atoms with Gasteiger partial charge in [0.15, 0.2) is 5.75 Å². The number of rotatable bonds is 7. The van der Waals surface area contributed by atoms with Crippen LogP contribution in [0.5, 0.6) is 5.75 Å². The van der Waals surface area contributed by atoms with Crippen molar-refractivity contribution < 1.29 is 30.7 Å². The lowest BCUT2D eigenvalue weighted by Gasteiger charge is -2.16. The second kappa shape index (κ2) is 9.11. The maximum absolute atomic E-state index is 12.4. The predicted octanol–water partition coefficient (Wildman–Crippen LogP) is 2.87. The van der Waals surface area contributed by atoms with Gasteiger partial charge >= 0.3 is 0 Å². The highest BCUT2D eigenvalue weighted by atomic mass is 35.5. The molecule has 0 unspecified atom stereocenters. The number of phenols is 1. The van der Waals surface area contributed by atoms with Gasteiger partial charge in [-0.1, -0.05) is 0 Å².